The van der Waals surface area contributed by atoms with Gasteiger partial charge in [0.05, 0.1) is 33.1 Å². The van der Waals surface area contributed by atoms with E-state index in [0.717, 1.165) is 11.1 Å². The third kappa shape index (κ3) is 2.73. The molecule has 1 unspecified atom stereocenters. The van der Waals surface area contributed by atoms with Crippen LogP contribution in [0.4, 0.5) is 5.69 Å². The van der Waals surface area contributed by atoms with Crippen LogP contribution in [-0.2, 0) is 0 Å². The van der Waals surface area contributed by atoms with E-state index in [4.69, 9.17) is 25.7 Å². The fraction of sp³-hybridized carbons (Fsp3) is 0.250. The predicted molar refractivity (Wildman–Crippen MR) is 83.0 cm³/mol. The molecule has 5 heteroatoms. The maximum Gasteiger partial charge on any atom is 0.205 e. The topological polar surface area (TPSA) is 79.7 Å². The molecule has 0 aromatic heterocycles. The van der Waals surface area contributed by atoms with Gasteiger partial charge in [0.15, 0.2) is 11.5 Å². The number of nitrogen functional groups attached to an aromatic ring is 1. The molecule has 0 amide bonds. The van der Waals surface area contributed by atoms with Gasteiger partial charge >= 0.3 is 0 Å². The molecule has 0 bridgehead atoms. The molecule has 2 aromatic carbocycles. The molecule has 21 heavy (non-hydrogen) atoms. The number of ether oxygens (including phenoxy) is 3. The highest BCUT2D eigenvalue weighted by molar-refractivity contribution is 5.71. The second kappa shape index (κ2) is 6.37. The lowest BCUT2D eigenvalue weighted by Gasteiger charge is -2.21. The molecule has 0 saturated heterocycles. The summed E-state index contributed by atoms with van der Waals surface area (Å²) in [6.07, 6.45) is 0. The van der Waals surface area contributed by atoms with E-state index in [-0.39, 0.29) is 6.04 Å². The first-order valence-corrected chi connectivity index (χ1v) is 6.52. The molecule has 0 aliphatic carbocycles. The Morgan fingerprint density at radius 2 is 1.52 bits per heavy atom. The van der Waals surface area contributed by atoms with E-state index < -0.39 is 0 Å². The first-order chi connectivity index (χ1) is 10.1. The number of rotatable bonds is 5. The van der Waals surface area contributed by atoms with Gasteiger partial charge in [-0.2, -0.15) is 0 Å². The van der Waals surface area contributed by atoms with Gasteiger partial charge in [-0.05, 0) is 11.6 Å². The fourth-order valence-corrected chi connectivity index (χ4v) is 2.29. The molecule has 4 N–H and O–H groups in total. The molecule has 1 atom stereocenters. The van der Waals surface area contributed by atoms with Gasteiger partial charge in [0.25, 0.3) is 0 Å². The average Bonchev–Trinajstić information content (AvgIpc) is 2.54. The lowest BCUT2D eigenvalue weighted by atomic mass is 9.97. The Labute approximate surface area is 124 Å². The summed E-state index contributed by atoms with van der Waals surface area (Å²) in [6.45, 7) is 0. The molecule has 0 fully saturated rings. The Bertz CT molecular complexity index is 615. The molecular weight excluding hydrogens is 268 g/mol. The molecular formula is C16H20N2O3. The Hall–Kier alpha value is -2.40. The highest BCUT2D eigenvalue weighted by Crippen LogP contribution is 2.45. The van der Waals surface area contributed by atoms with Gasteiger partial charge in [0, 0.05) is 5.56 Å². The predicted octanol–water partition coefficient (Wildman–Crippen LogP) is 2.34. The smallest absolute Gasteiger partial charge is 0.205 e. The maximum atomic E-state index is 6.32. The Morgan fingerprint density at radius 3 is 2.05 bits per heavy atom. The van der Waals surface area contributed by atoms with Gasteiger partial charge in [-0.15, -0.1) is 0 Å². The fourth-order valence-electron chi connectivity index (χ4n) is 2.29. The molecule has 112 valence electrons. The minimum Gasteiger partial charge on any atom is -0.493 e. The van der Waals surface area contributed by atoms with E-state index in [1.165, 1.54) is 14.2 Å². The lowest BCUT2D eigenvalue weighted by Crippen LogP contribution is -2.15. The van der Waals surface area contributed by atoms with Crippen LogP contribution in [0.2, 0.25) is 0 Å². The van der Waals surface area contributed by atoms with Gasteiger partial charge in [-0.25, -0.2) is 0 Å². The zero-order valence-electron chi connectivity index (χ0n) is 12.4. The van der Waals surface area contributed by atoms with Gasteiger partial charge in [0.2, 0.25) is 5.75 Å². The van der Waals surface area contributed by atoms with Crippen LogP contribution in [-0.4, -0.2) is 21.3 Å². The van der Waals surface area contributed by atoms with E-state index in [0.29, 0.717) is 22.9 Å². The van der Waals surface area contributed by atoms with Crippen molar-refractivity contribution in [2.75, 3.05) is 27.1 Å². The largest absolute Gasteiger partial charge is 0.493 e. The van der Waals surface area contributed by atoms with E-state index in [9.17, 15) is 0 Å². The normalized spacial score (nSPS) is 11.8. The van der Waals surface area contributed by atoms with Gasteiger partial charge in [0.1, 0.15) is 0 Å². The maximum absolute atomic E-state index is 6.32. The zero-order chi connectivity index (χ0) is 15.4. The van der Waals surface area contributed by atoms with Gasteiger partial charge in [-0.3, -0.25) is 0 Å². The van der Waals surface area contributed by atoms with Crippen molar-refractivity contribution in [1.29, 1.82) is 0 Å². The number of hydrogen-bond donors (Lipinski definition) is 2. The van der Waals surface area contributed by atoms with Crippen molar-refractivity contribution in [3.63, 3.8) is 0 Å². The summed E-state index contributed by atoms with van der Waals surface area (Å²) in [5.74, 6) is 1.42. The van der Waals surface area contributed by atoms with Crippen molar-refractivity contribution < 1.29 is 14.2 Å². The number of nitrogens with two attached hydrogens (primary N) is 2. The van der Waals surface area contributed by atoms with Crippen LogP contribution in [0, 0.1) is 0 Å². The number of methoxy groups -OCH3 is 3. The lowest BCUT2D eigenvalue weighted by molar-refractivity contribution is 0.325. The van der Waals surface area contributed by atoms with Crippen LogP contribution in [0.15, 0.2) is 36.4 Å². The summed E-state index contributed by atoms with van der Waals surface area (Å²) >= 11 is 0. The van der Waals surface area contributed by atoms with Crippen LogP contribution >= 0.6 is 0 Å². The summed E-state index contributed by atoms with van der Waals surface area (Å²) in [5.41, 5.74) is 14.7. The molecule has 0 radical (unpaired) electrons. The summed E-state index contributed by atoms with van der Waals surface area (Å²) in [5, 5.41) is 0. The second-order valence-corrected chi connectivity index (χ2v) is 4.54. The highest BCUT2D eigenvalue weighted by atomic mass is 16.5. The third-order valence-corrected chi connectivity index (χ3v) is 3.39. The van der Waals surface area contributed by atoms with Crippen LogP contribution in [0.25, 0.3) is 0 Å². The number of hydrogen-bond acceptors (Lipinski definition) is 5. The Kier molecular flexibility index (Phi) is 4.55. The minimum atomic E-state index is -0.375. The van der Waals surface area contributed by atoms with E-state index in [1.807, 2.05) is 30.3 Å². The van der Waals surface area contributed by atoms with Crippen LogP contribution in [0.3, 0.4) is 0 Å². The number of benzene rings is 2. The highest BCUT2D eigenvalue weighted by Gasteiger charge is 2.22. The molecule has 0 aliphatic rings. The quantitative estimate of drug-likeness (QED) is 0.825. The molecule has 0 heterocycles. The summed E-state index contributed by atoms with van der Waals surface area (Å²) < 4.78 is 16.0. The van der Waals surface area contributed by atoms with E-state index >= 15 is 0 Å². The summed E-state index contributed by atoms with van der Waals surface area (Å²) in [4.78, 5) is 0. The molecule has 2 rings (SSSR count). The van der Waals surface area contributed by atoms with Crippen LogP contribution in [0.5, 0.6) is 17.2 Å². The SMILES string of the molecule is COc1cc(C(N)c2ccccc2)c(N)c(OC)c1OC. The molecule has 0 spiro atoms. The average molecular weight is 288 g/mol. The van der Waals surface area contributed by atoms with Crippen molar-refractivity contribution in [2.24, 2.45) is 5.73 Å². The first-order valence-electron chi connectivity index (χ1n) is 6.52. The monoisotopic (exact) mass is 288 g/mol. The van der Waals surface area contributed by atoms with Crippen molar-refractivity contribution in [1.82, 2.24) is 0 Å². The third-order valence-electron chi connectivity index (χ3n) is 3.39. The summed E-state index contributed by atoms with van der Waals surface area (Å²) in [7, 11) is 4.63. The van der Waals surface area contributed by atoms with Gasteiger partial charge in [-0.1, -0.05) is 30.3 Å². The molecule has 0 aliphatic heterocycles. The number of anilines is 1. The Morgan fingerprint density at radius 1 is 0.905 bits per heavy atom. The second-order valence-electron chi connectivity index (χ2n) is 4.54. The van der Waals surface area contributed by atoms with Crippen LogP contribution in [0.1, 0.15) is 17.2 Å². The standard InChI is InChI=1S/C16H20N2O3/c1-19-12-9-11(13(17)10-7-5-4-6-8-10)14(18)16(21-3)15(12)20-2/h4-9,13H,17-18H2,1-3H3. The zero-order valence-corrected chi connectivity index (χ0v) is 12.4. The van der Waals surface area contributed by atoms with Crippen molar-refractivity contribution in [3.05, 3.63) is 47.5 Å². The molecule has 5 nitrogen and oxygen atoms in total. The molecule has 2 aromatic rings. The minimum absolute atomic E-state index is 0.375. The first kappa shape index (κ1) is 15.0. The van der Waals surface area contributed by atoms with Crippen molar-refractivity contribution in [2.45, 2.75) is 6.04 Å². The van der Waals surface area contributed by atoms with Crippen LogP contribution < -0.4 is 25.7 Å². The van der Waals surface area contributed by atoms with Crippen molar-refractivity contribution >= 4 is 5.69 Å². The van der Waals surface area contributed by atoms with Gasteiger partial charge < -0.3 is 25.7 Å². The summed E-state index contributed by atoms with van der Waals surface area (Å²) in [6, 6.07) is 11.1. The van der Waals surface area contributed by atoms with E-state index in [1.54, 1.807) is 13.2 Å². The van der Waals surface area contributed by atoms with E-state index in [2.05, 4.69) is 0 Å². The van der Waals surface area contributed by atoms with Crippen molar-refractivity contribution in [3.8, 4) is 17.2 Å². The molecule has 0 saturated carbocycles. The Balaban J connectivity index is 2.59.